The lowest BCUT2D eigenvalue weighted by molar-refractivity contribution is -0.137. The summed E-state index contributed by atoms with van der Waals surface area (Å²) in [5.74, 6) is 0.586. The van der Waals surface area contributed by atoms with Crippen LogP contribution >= 0.6 is 0 Å². The van der Waals surface area contributed by atoms with Crippen LogP contribution < -0.4 is 5.32 Å². The van der Waals surface area contributed by atoms with Gasteiger partial charge in [-0.3, -0.25) is 14.5 Å². The van der Waals surface area contributed by atoms with Gasteiger partial charge in [0, 0.05) is 25.7 Å². The second-order valence-electron chi connectivity index (χ2n) is 7.18. The Morgan fingerprint density at radius 3 is 2.71 bits per heavy atom. The maximum absolute atomic E-state index is 12.6. The zero-order chi connectivity index (χ0) is 20.4. The third-order valence-corrected chi connectivity index (χ3v) is 4.52. The van der Waals surface area contributed by atoms with Gasteiger partial charge < -0.3 is 14.6 Å². The Bertz CT molecular complexity index is 886. The minimum absolute atomic E-state index is 0.151. The molecule has 10 heteroatoms. The lowest BCUT2D eigenvalue weighted by Gasteiger charge is -2.19. The van der Waals surface area contributed by atoms with Gasteiger partial charge in [-0.05, 0) is 32.9 Å². The summed E-state index contributed by atoms with van der Waals surface area (Å²) in [7, 11) is 1.60. The molecule has 28 heavy (non-hydrogen) atoms. The van der Waals surface area contributed by atoms with Crippen LogP contribution in [0.3, 0.4) is 0 Å². The van der Waals surface area contributed by atoms with E-state index in [4.69, 9.17) is 4.42 Å². The Kier molecular flexibility index (Phi) is 5.48. The molecule has 150 valence electrons. The van der Waals surface area contributed by atoms with E-state index in [9.17, 15) is 14.4 Å². The molecule has 3 heterocycles. The highest BCUT2D eigenvalue weighted by Crippen LogP contribution is 2.13. The highest BCUT2D eigenvalue weighted by Gasteiger charge is 2.39. The fourth-order valence-electron chi connectivity index (χ4n) is 2.88. The Labute approximate surface area is 162 Å². The molecule has 1 fully saturated rings. The summed E-state index contributed by atoms with van der Waals surface area (Å²) in [5, 5.41) is 10.6. The average molecular weight is 388 g/mol. The number of urea groups is 1. The number of carbonyl (C=O) groups is 3. The van der Waals surface area contributed by atoms with Gasteiger partial charge in [-0.25, -0.2) is 9.48 Å². The van der Waals surface area contributed by atoms with Crippen molar-refractivity contribution >= 4 is 17.8 Å². The summed E-state index contributed by atoms with van der Waals surface area (Å²) in [6.45, 7) is 5.69. The van der Waals surface area contributed by atoms with Crippen LogP contribution in [0.25, 0.3) is 0 Å². The molecule has 2 aromatic rings. The van der Waals surface area contributed by atoms with Gasteiger partial charge in [0.1, 0.15) is 24.1 Å². The predicted octanol–water partition coefficient (Wildman–Crippen LogP) is 0.882. The number of nitrogens with zero attached hydrogens (tertiary/aromatic N) is 5. The average Bonchev–Trinajstić information content (AvgIpc) is 3.32. The fourth-order valence-corrected chi connectivity index (χ4v) is 2.88. The molecule has 3 rings (SSSR count). The first kappa shape index (κ1) is 19.6. The number of rotatable bonds is 7. The van der Waals surface area contributed by atoms with E-state index in [1.807, 2.05) is 26.8 Å². The van der Waals surface area contributed by atoms with E-state index in [1.54, 1.807) is 24.0 Å². The molecular weight excluding hydrogens is 364 g/mol. The van der Waals surface area contributed by atoms with E-state index in [-0.39, 0.29) is 31.5 Å². The van der Waals surface area contributed by atoms with E-state index in [0.717, 1.165) is 10.7 Å². The first-order chi connectivity index (χ1) is 13.2. The van der Waals surface area contributed by atoms with Crippen molar-refractivity contribution in [1.82, 2.24) is 30.1 Å². The molecule has 1 saturated heterocycles. The van der Waals surface area contributed by atoms with Gasteiger partial charge in [0.25, 0.3) is 5.91 Å². The normalized spacial score (nSPS) is 16.8. The zero-order valence-electron chi connectivity index (χ0n) is 16.4. The number of amides is 4. The van der Waals surface area contributed by atoms with Crippen LogP contribution in [0.2, 0.25) is 0 Å². The SMILES string of the molecule is Cc1ccc(CN(C)C(=O)CN2C(=O)N[C@@H](Cc3cn(C(C)C)nn3)C2=O)o1. The number of aromatic nitrogens is 3. The molecule has 0 unspecified atom stereocenters. The van der Waals surface area contributed by atoms with Gasteiger partial charge in [-0.15, -0.1) is 5.10 Å². The van der Waals surface area contributed by atoms with Crippen LogP contribution in [0.4, 0.5) is 4.79 Å². The van der Waals surface area contributed by atoms with Crippen molar-refractivity contribution in [2.45, 2.75) is 45.8 Å². The van der Waals surface area contributed by atoms with Gasteiger partial charge in [-0.1, -0.05) is 5.21 Å². The Balaban J connectivity index is 1.58. The largest absolute Gasteiger partial charge is 0.464 e. The minimum atomic E-state index is -0.754. The second kappa shape index (κ2) is 7.83. The standard InChI is InChI=1S/C18H24N6O4/c1-11(2)24-8-13(20-21-24)7-15-17(26)23(18(27)19-15)10-16(25)22(4)9-14-6-5-12(3)28-14/h5-6,8,11,15H,7,9-10H2,1-4H3,(H,19,27)/t15-/m0/s1. The molecular formula is C18H24N6O4. The van der Waals surface area contributed by atoms with Gasteiger partial charge >= 0.3 is 6.03 Å². The second-order valence-corrected chi connectivity index (χ2v) is 7.18. The summed E-state index contributed by atoms with van der Waals surface area (Å²) in [5.41, 5.74) is 0.603. The van der Waals surface area contributed by atoms with Gasteiger partial charge in [0.2, 0.25) is 5.91 Å². The molecule has 4 amide bonds. The number of hydrogen-bond donors (Lipinski definition) is 1. The maximum Gasteiger partial charge on any atom is 0.325 e. The lowest BCUT2D eigenvalue weighted by Crippen LogP contribution is -2.41. The predicted molar refractivity (Wildman–Crippen MR) is 98.1 cm³/mol. The molecule has 0 spiro atoms. The van der Waals surface area contributed by atoms with Crippen LogP contribution in [-0.2, 0) is 22.6 Å². The molecule has 1 atom stereocenters. The molecule has 0 radical (unpaired) electrons. The van der Waals surface area contributed by atoms with Crippen molar-refractivity contribution in [3.63, 3.8) is 0 Å². The van der Waals surface area contributed by atoms with Crippen LogP contribution in [0.1, 0.15) is 37.1 Å². The number of carbonyl (C=O) groups excluding carboxylic acids is 3. The monoisotopic (exact) mass is 388 g/mol. The smallest absolute Gasteiger partial charge is 0.325 e. The third-order valence-electron chi connectivity index (χ3n) is 4.52. The molecule has 0 saturated carbocycles. The van der Waals surface area contributed by atoms with Crippen LogP contribution in [-0.4, -0.2) is 62.3 Å². The number of imide groups is 1. The summed E-state index contributed by atoms with van der Waals surface area (Å²) in [6.07, 6.45) is 1.97. The molecule has 1 aliphatic rings. The fraction of sp³-hybridized carbons (Fsp3) is 0.500. The quantitative estimate of drug-likeness (QED) is 0.705. The summed E-state index contributed by atoms with van der Waals surface area (Å²) < 4.78 is 7.13. The van der Waals surface area contributed by atoms with Gasteiger partial charge in [0.15, 0.2) is 0 Å². The van der Waals surface area contributed by atoms with Crippen molar-refractivity contribution in [2.75, 3.05) is 13.6 Å². The molecule has 0 bridgehead atoms. The Morgan fingerprint density at radius 2 is 2.11 bits per heavy atom. The van der Waals surface area contributed by atoms with Crippen molar-refractivity contribution in [3.8, 4) is 0 Å². The lowest BCUT2D eigenvalue weighted by atomic mass is 10.1. The summed E-state index contributed by atoms with van der Waals surface area (Å²) in [6, 6.07) is 2.41. The van der Waals surface area contributed by atoms with Crippen molar-refractivity contribution in [1.29, 1.82) is 0 Å². The van der Waals surface area contributed by atoms with Crippen LogP contribution in [0.5, 0.6) is 0 Å². The number of likely N-dealkylation sites (N-methyl/N-ethyl adjacent to an activating group) is 1. The number of aryl methyl sites for hydroxylation is 1. The number of nitrogens with one attached hydrogen (secondary N) is 1. The molecule has 1 aliphatic heterocycles. The molecule has 2 aromatic heterocycles. The Hall–Kier alpha value is -3.17. The summed E-state index contributed by atoms with van der Waals surface area (Å²) >= 11 is 0. The first-order valence-electron chi connectivity index (χ1n) is 9.06. The van der Waals surface area contributed by atoms with Gasteiger partial charge in [-0.2, -0.15) is 0 Å². The first-order valence-corrected chi connectivity index (χ1v) is 9.06. The van der Waals surface area contributed by atoms with Gasteiger partial charge in [0.05, 0.1) is 12.2 Å². The van der Waals surface area contributed by atoms with Crippen molar-refractivity contribution < 1.29 is 18.8 Å². The minimum Gasteiger partial charge on any atom is -0.464 e. The van der Waals surface area contributed by atoms with Crippen LogP contribution in [0, 0.1) is 6.92 Å². The number of hydrogen-bond acceptors (Lipinski definition) is 6. The van der Waals surface area contributed by atoms with E-state index < -0.39 is 18.0 Å². The highest BCUT2D eigenvalue weighted by atomic mass is 16.3. The highest BCUT2D eigenvalue weighted by molar-refractivity contribution is 6.06. The molecule has 0 aromatic carbocycles. The van der Waals surface area contributed by atoms with Crippen LogP contribution in [0.15, 0.2) is 22.7 Å². The van der Waals surface area contributed by atoms with E-state index in [2.05, 4.69) is 15.6 Å². The molecule has 1 N–H and O–H groups in total. The zero-order valence-corrected chi connectivity index (χ0v) is 16.4. The van der Waals surface area contributed by atoms with E-state index in [0.29, 0.717) is 11.5 Å². The number of furan rings is 1. The van der Waals surface area contributed by atoms with E-state index >= 15 is 0 Å². The molecule has 10 nitrogen and oxygen atoms in total. The van der Waals surface area contributed by atoms with E-state index in [1.165, 1.54) is 4.90 Å². The Morgan fingerprint density at radius 1 is 1.36 bits per heavy atom. The summed E-state index contributed by atoms with van der Waals surface area (Å²) in [4.78, 5) is 39.5. The third kappa shape index (κ3) is 4.21. The van der Waals surface area contributed by atoms with Crippen molar-refractivity contribution in [2.24, 2.45) is 0 Å². The maximum atomic E-state index is 12.6. The topological polar surface area (TPSA) is 114 Å². The molecule has 0 aliphatic carbocycles. The van der Waals surface area contributed by atoms with Crippen molar-refractivity contribution in [3.05, 3.63) is 35.5 Å².